The topological polar surface area (TPSA) is 53.0 Å². The van der Waals surface area contributed by atoms with Crippen molar-refractivity contribution in [1.82, 2.24) is 4.90 Å². The molecular formula is C24H31BrN2O3. The zero-order chi connectivity index (χ0) is 20.9. The third kappa shape index (κ3) is 5.09. The van der Waals surface area contributed by atoms with Crippen LogP contribution in [0.3, 0.4) is 0 Å². The highest BCUT2D eigenvalue weighted by Crippen LogP contribution is 2.35. The second-order valence-electron chi connectivity index (χ2n) is 8.42. The van der Waals surface area contributed by atoms with E-state index in [0.29, 0.717) is 17.0 Å². The number of alkyl halides is 1. The first-order valence-electron chi connectivity index (χ1n) is 11.2. The van der Waals surface area contributed by atoms with E-state index in [-0.39, 0.29) is 0 Å². The Balaban J connectivity index is 1.47. The Morgan fingerprint density at radius 1 is 1.07 bits per heavy atom. The summed E-state index contributed by atoms with van der Waals surface area (Å²) in [4.78, 5) is 17.2. The van der Waals surface area contributed by atoms with Crippen molar-refractivity contribution >= 4 is 38.4 Å². The summed E-state index contributed by atoms with van der Waals surface area (Å²) in [5, 5.41) is 11.8. The van der Waals surface area contributed by atoms with Gasteiger partial charge in [0, 0.05) is 29.8 Å². The molecule has 0 unspecified atom stereocenters. The maximum atomic E-state index is 11.9. The van der Waals surface area contributed by atoms with Crippen LogP contribution in [0.25, 0.3) is 10.8 Å². The average Bonchev–Trinajstić information content (AvgIpc) is 2.77. The van der Waals surface area contributed by atoms with Gasteiger partial charge in [0.15, 0.2) is 0 Å². The van der Waals surface area contributed by atoms with Crippen molar-refractivity contribution < 1.29 is 14.6 Å². The molecule has 5 nitrogen and oxygen atoms in total. The number of likely N-dealkylation sites (tertiary alicyclic amines) is 1. The molecule has 2 aromatic carbocycles. The number of carbonyl (C=O) groups is 1. The van der Waals surface area contributed by atoms with E-state index in [1.807, 2.05) is 24.3 Å². The predicted octanol–water partition coefficient (Wildman–Crippen LogP) is 5.16. The van der Waals surface area contributed by atoms with Crippen LogP contribution in [0.4, 0.5) is 5.69 Å². The smallest absolute Gasteiger partial charge is 0.337 e. The van der Waals surface area contributed by atoms with Crippen LogP contribution in [-0.2, 0) is 0 Å². The normalized spacial score (nSPS) is 18.6. The van der Waals surface area contributed by atoms with E-state index in [9.17, 15) is 9.90 Å². The lowest BCUT2D eigenvalue weighted by atomic mass is 10.0. The lowest BCUT2D eigenvalue weighted by Gasteiger charge is -2.33. The summed E-state index contributed by atoms with van der Waals surface area (Å²) < 4.78 is 6.02. The van der Waals surface area contributed by atoms with Crippen molar-refractivity contribution in [3.63, 3.8) is 0 Å². The minimum absolute atomic E-state index is 0.380. The van der Waals surface area contributed by atoms with E-state index in [4.69, 9.17) is 4.74 Å². The van der Waals surface area contributed by atoms with Gasteiger partial charge in [0.05, 0.1) is 17.9 Å². The molecule has 0 bridgehead atoms. The lowest BCUT2D eigenvalue weighted by Crippen LogP contribution is -2.35. The van der Waals surface area contributed by atoms with Crippen LogP contribution in [-0.4, -0.2) is 60.1 Å². The second kappa shape index (κ2) is 10.0. The number of fused-ring (bicyclic) bond motifs is 1. The molecule has 0 spiro atoms. The van der Waals surface area contributed by atoms with Crippen LogP contribution in [0.2, 0.25) is 0 Å². The Morgan fingerprint density at radius 2 is 1.83 bits per heavy atom. The van der Waals surface area contributed by atoms with Gasteiger partial charge in [0.1, 0.15) is 5.75 Å². The number of piperidine rings is 2. The molecule has 2 aliphatic heterocycles. The molecule has 2 saturated heterocycles. The molecule has 162 valence electrons. The van der Waals surface area contributed by atoms with Crippen molar-refractivity contribution in [2.45, 2.75) is 43.4 Å². The van der Waals surface area contributed by atoms with E-state index < -0.39 is 5.97 Å². The molecule has 0 radical (unpaired) electrons. The van der Waals surface area contributed by atoms with Crippen LogP contribution in [0.1, 0.15) is 48.9 Å². The zero-order valence-corrected chi connectivity index (χ0v) is 19.1. The van der Waals surface area contributed by atoms with E-state index in [0.717, 1.165) is 61.1 Å². The van der Waals surface area contributed by atoms with E-state index in [2.05, 4.69) is 25.7 Å². The zero-order valence-electron chi connectivity index (χ0n) is 17.5. The molecule has 30 heavy (non-hydrogen) atoms. The fourth-order valence-electron chi connectivity index (χ4n) is 4.63. The molecule has 1 N–H and O–H groups in total. The van der Waals surface area contributed by atoms with Gasteiger partial charge < -0.3 is 19.6 Å². The molecule has 0 amide bonds. The molecule has 2 aliphatic rings. The Bertz CT molecular complexity index is 874. The van der Waals surface area contributed by atoms with Gasteiger partial charge in [-0.2, -0.15) is 0 Å². The number of rotatable bonds is 7. The summed E-state index contributed by atoms with van der Waals surface area (Å²) in [6.07, 6.45) is 7.08. The SMILES string of the molecule is O=C(O)c1ccc2cc(OCCCN3CCCCC3)ccc2c1N1CCC(Br)CC1. The first-order valence-corrected chi connectivity index (χ1v) is 12.1. The predicted molar refractivity (Wildman–Crippen MR) is 125 cm³/mol. The molecule has 0 saturated carbocycles. The van der Waals surface area contributed by atoms with Gasteiger partial charge >= 0.3 is 5.97 Å². The molecular weight excluding hydrogens is 444 g/mol. The van der Waals surface area contributed by atoms with Crippen LogP contribution >= 0.6 is 15.9 Å². The number of ether oxygens (including phenoxy) is 1. The summed E-state index contributed by atoms with van der Waals surface area (Å²) in [5.74, 6) is -0.0137. The van der Waals surface area contributed by atoms with Crippen molar-refractivity contribution in [1.29, 1.82) is 0 Å². The number of hydrogen-bond acceptors (Lipinski definition) is 4. The Kier molecular flexibility index (Phi) is 7.16. The second-order valence-corrected chi connectivity index (χ2v) is 9.71. The third-order valence-corrected chi connectivity index (χ3v) is 7.19. The van der Waals surface area contributed by atoms with Crippen LogP contribution in [0, 0.1) is 0 Å². The molecule has 0 atom stereocenters. The minimum atomic E-state index is -0.870. The van der Waals surface area contributed by atoms with E-state index in [1.54, 1.807) is 6.07 Å². The fourth-order valence-corrected chi connectivity index (χ4v) is 5.04. The number of carboxylic acid groups (broad SMARTS) is 1. The summed E-state index contributed by atoms with van der Waals surface area (Å²) >= 11 is 3.69. The van der Waals surface area contributed by atoms with Gasteiger partial charge in [0.25, 0.3) is 0 Å². The number of nitrogens with zero attached hydrogens (tertiary/aromatic N) is 2. The summed E-state index contributed by atoms with van der Waals surface area (Å²) in [6.45, 7) is 5.98. The standard InChI is InChI=1S/C24H31BrN2O3/c25-19-9-14-27(15-10-19)23-21-8-6-20(17-18(21)5-7-22(23)24(28)29)30-16-4-13-26-11-2-1-3-12-26/h5-8,17,19H,1-4,9-16H2,(H,28,29). The maximum absolute atomic E-state index is 11.9. The number of benzene rings is 2. The Morgan fingerprint density at radius 3 is 2.57 bits per heavy atom. The first kappa shape index (κ1) is 21.4. The van der Waals surface area contributed by atoms with E-state index in [1.165, 1.54) is 32.4 Å². The highest BCUT2D eigenvalue weighted by molar-refractivity contribution is 9.09. The van der Waals surface area contributed by atoms with Gasteiger partial charge in [-0.05, 0) is 74.8 Å². The fraction of sp³-hybridized carbons (Fsp3) is 0.542. The van der Waals surface area contributed by atoms with Gasteiger partial charge in [-0.3, -0.25) is 0 Å². The van der Waals surface area contributed by atoms with Crippen molar-refractivity contribution in [3.05, 3.63) is 35.9 Å². The first-order chi connectivity index (χ1) is 14.6. The Labute approximate surface area is 187 Å². The summed E-state index contributed by atoms with van der Waals surface area (Å²) in [7, 11) is 0. The van der Waals surface area contributed by atoms with Gasteiger partial charge in [-0.1, -0.05) is 28.4 Å². The number of anilines is 1. The van der Waals surface area contributed by atoms with Crippen LogP contribution in [0.15, 0.2) is 30.3 Å². The van der Waals surface area contributed by atoms with Crippen molar-refractivity contribution in [2.24, 2.45) is 0 Å². The number of hydrogen-bond donors (Lipinski definition) is 1. The maximum Gasteiger partial charge on any atom is 0.337 e. The Hall–Kier alpha value is -1.79. The number of aromatic carboxylic acids is 1. The lowest BCUT2D eigenvalue weighted by molar-refractivity contribution is 0.0697. The van der Waals surface area contributed by atoms with Gasteiger partial charge in [0.2, 0.25) is 0 Å². The van der Waals surface area contributed by atoms with E-state index >= 15 is 0 Å². The van der Waals surface area contributed by atoms with Crippen molar-refractivity contribution in [3.8, 4) is 5.75 Å². The highest BCUT2D eigenvalue weighted by Gasteiger charge is 2.23. The molecule has 4 rings (SSSR count). The minimum Gasteiger partial charge on any atom is -0.494 e. The van der Waals surface area contributed by atoms with Crippen LogP contribution < -0.4 is 9.64 Å². The number of carboxylic acids is 1. The van der Waals surface area contributed by atoms with Crippen LogP contribution in [0.5, 0.6) is 5.75 Å². The molecule has 2 fully saturated rings. The molecule has 2 aromatic rings. The highest BCUT2D eigenvalue weighted by atomic mass is 79.9. The monoisotopic (exact) mass is 474 g/mol. The third-order valence-electron chi connectivity index (χ3n) is 6.27. The largest absolute Gasteiger partial charge is 0.494 e. The number of halogens is 1. The molecule has 6 heteroatoms. The van der Waals surface area contributed by atoms with Gasteiger partial charge in [-0.25, -0.2) is 4.79 Å². The summed E-state index contributed by atoms with van der Waals surface area (Å²) in [5.41, 5.74) is 1.22. The van der Waals surface area contributed by atoms with Gasteiger partial charge in [-0.15, -0.1) is 0 Å². The molecule has 0 aromatic heterocycles. The average molecular weight is 475 g/mol. The molecule has 0 aliphatic carbocycles. The molecule has 2 heterocycles. The quantitative estimate of drug-likeness (QED) is 0.443. The summed E-state index contributed by atoms with van der Waals surface area (Å²) in [6, 6.07) is 9.69. The van der Waals surface area contributed by atoms with Crippen molar-refractivity contribution in [2.75, 3.05) is 44.2 Å².